The van der Waals surface area contributed by atoms with Gasteiger partial charge in [0.15, 0.2) is 5.82 Å². The minimum absolute atomic E-state index is 0.0481. The van der Waals surface area contributed by atoms with Gasteiger partial charge in [-0.1, -0.05) is 16.8 Å². The zero-order valence-electron chi connectivity index (χ0n) is 14.0. The normalized spacial score (nSPS) is 11.3. The lowest BCUT2D eigenvalue weighted by molar-refractivity contribution is -0.138. The molecule has 0 unspecified atom stereocenters. The van der Waals surface area contributed by atoms with Crippen LogP contribution < -0.4 is 0 Å². The monoisotopic (exact) mass is 397 g/mol. The minimum Gasteiger partial charge on any atom is -0.314 e. The molecule has 140 valence electrons. The lowest BCUT2D eigenvalue weighted by Gasteiger charge is -2.10. The van der Waals surface area contributed by atoms with Crippen LogP contribution in [0.15, 0.2) is 29.7 Å². The van der Waals surface area contributed by atoms with E-state index in [1.54, 1.807) is 13.8 Å². The van der Waals surface area contributed by atoms with Crippen molar-refractivity contribution in [2.75, 3.05) is 0 Å². The van der Waals surface area contributed by atoms with Crippen LogP contribution in [0.3, 0.4) is 0 Å². The molecule has 0 atom stereocenters. The van der Waals surface area contributed by atoms with E-state index in [2.05, 4.69) is 20.1 Å². The highest BCUT2D eigenvalue weighted by Crippen LogP contribution is 2.32. The first-order valence-corrected chi connectivity index (χ1v) is 7.62. The third kappa shape index (κ3) is 4.92. The Bertz CT molecular complexity index is 969. The smallest absolute Gasteiger partial charge is 0.314 e. The molecule has 2 aromatic rings. The van der Waals surface area contributed by atoms with Crippen LogP contribution in [-0.2, 0) is 15.8 Å². The van der Waals surface area contributed by atoms with E-state index in [1.165, 1.54) is 6.08 Å². The number of nitrogens with zero attached hydrogens (tertiary/aromatic N) is 5. The summed E-state index contributed by atoms with van der Waals surface area (Å²) in [7, 11) is 0. The van der Waals surface area contributed by atoms with Gasteiger partial charge in [0.25, 0.3) is 0 Å². The van der Waals surface area contributed by atoms with Gasteiger partial charge in [-0.05, 0) is 26.0 Å². The summed E-state index contributed by atoms with van der Waals surface area (Å²) in [6.45, 7) is 3.25. The van der Waals surface area contributed by atoms with Crippen LogP contribution in [0.4, 0.5) is 13.2 Å². The molecular formula is C16H11ClF3N5O2. The molecule has 0 aliphatic carbocycles. The first kappa shape index (κ1) is 20.1. The number of hydrogen-bond donors (Lipinski definition) is 0. The van der Waals surface area contributed by atoms with E-state index in [-0.39, 0.29) is 22.1 Å². The number of aromatic nitrogens is 3. The van der Waals surface area contributed by atoms with E-state index in [4.69, 9.17) is 16.9 Å². The number of alkyl halides is 3. The third-order valence-electron chi connectivity index (χ3n) is 2.97. The zero-order valence-corrected chi connectivity index (χ0v) is 14.7. The van der Waals surface area contributed by atoms with E-state index in [9.17, 15) is 18.0 Å². The Kier molecular flexibility index (Phi) is 5.97. The summed E-state index contributed by atoms with van der Waals surface area (Å²) in [6, 6.07) is 2.54. The number of carbonyl (C=O) groups is 1. The fraction of sp³-hybridized carbons (Fsp3) is 0.188. The van der Waals surface area contributed by atoms with Crippen LogP contribution in [0.25, 0.3) is 11.9 Å². The van der Waals surface area contributed by atoms with E-state index >= 15 is 0 Å². The molecule has 2 aromatic heterocycles. The Morgan fingerprint density at radius 2 is 2.11 bits per heavy atom. The number of carbonyl (C=O) groups excluding carboxylic acids is 1. The second-order valence-corrected chi connectivity index (χ2v) is 5.68. The van der Waals surface area contributed by atoms with Gasteiger partial charge < -0.3 is 4.84 Å². The molecule has 0 spiro atoms. The molecule has 0 fully saturated rings. The molecule has 0 saturated carbocycles. The van der Waals surface area contributed by atoms with E-state index in [0.29, 0.717) is 18.0 Å². The number of oxime groups is 1. The summed E-state index contributed by atoms with van der Waals surface area (Å²) in [5.41, 5.74) is -0.384. The summed E-state index contributed by atoms with van der Waals surface area (Å²) < 4.78 is 39.3. The van der Waals surface area contributed by atoms with Crippen LogP contribution in [0.5, 0.6) is 0 Å². The van der Waals surface area contributed by atoms with Gasteiger partial charge >= 0.3 is 12.1 Å². The summed E-state index contributed by atoms with van der Waals surface area (Å²) in [4.78, 5) is 19.9. The van der Waals surface area contributed by atoms with Gasteiger partial charge in [0, 0.05) is 12.3 Å². The van der Waals surface area contributed by atoms with Crippen molar-refractivity contribution in [1.29, 1.82) is 5.26 Å². The average Bonchev–Trinajstić information content (AvgIpc) is 2.99. The van der Waals surface area contributed by atoms with E-state index < -0.39 is 17.7 Å². The molecule has 0 aliphatic rings. The molecule has 0 radical (unpaired) electrons. The number of hydrogen-bond acceptors (Lipinski definition) is 6. The lowest BCUT2D eigenvalue weighted by atomic mass is 10.2. The Balaban J connectivity index is 2.43. The van der Waals surface area contributed by atoms with Gasteiger partial charge in [-0.15, -0.1) is 0 Å². The molecule has 0 N–H and O–H groups in total. The number of rotatable bonds is 4. The predicted octanol–water partition coefficient (Wildman–Crippen LogP) is 3.76. The molecule has 0 bridgehead atoms. The lowest BCUT2D eigenvalue weighted by Crippen LogP contribution is -2.09. The number of pyridine rings is 1. The van der Waals surface area contributed by atoms with Crippen molar-refractivity contribution in [3.05, 3.63) is 46.4 Å². The van der Waals surface area contributed by atoms with E-state index in [1.807, 2.05) is 6.07 Å². The molecule has 0 aliphatic heterocycles. The number of halogens is 4. The largest absolute Gasteiger partial charge is 0.417 e. The maximum absolute atomic E-state index is 12.7. The Morgan fingerprint density at radius 1 is 1.41 bits per heavy atom. The quantitative estimate of drug-likeness (QED) is 0.339. The molecule has 0 amide bonds. The highest BCUT2D eigenvalue weighted by molar-refractivity contribution is 6.32. The Morgan fingerprint density at radius 3 is 2.67 bits per heavy atom. The second kappa shape index (κ2) is 8.01. The van der Waals surface area contributed by atoms with Crippen molar-refractivity contribution >= 4 is 29.4 Å². The predicted molar refractivity (Wildman–Crippen MR) is 90.0 cm³/mol. The van der Waals surface area contributed by atoms with Crippen molar-refractivity contribution < 1.29 is 22.8 Å². The van der Waals surface area contributed by atoms with Gasteiger partial charge in [0.2, 0.25) is 0 Å². The third-order valence-corrected chi connectivity index (χ3v) is 3.25. The molecule has 0 saturated heterocycles. The van der Waals surface area contributed by atoms with Crippen molar-refractivity contribution in [3.63, 3.8) is 0 Å². The van der Waals surface area contributed by atoms with Crippen molar-refractivity contribution in [2.24, 2.45) is 5.16 Å². The topological polar surface area (TPSA) is 93.2 Å². The molecule has 2 rings (SSSR count). The molecule has 27 heavy (non-hydrogen) atoms. The van der Waals surface area contributed by atoms with Crippen molar-refractivity contribution in [2.45, 2.75) is 20.0 Å². The minimum atomic E-state index is -4.61. The second-order valence-electron chi connectivity index (χ2n) is 5.28. The summed E-state index contributed by atoms with van der Waals surface area (Å²) >= 11 is 5.90. The van der Waals surface area contributed by atoms with Gasteiger partial charge in [-0.3, -0.25) is 0 Å². The average molecular weight is 398 g/mol. The Hall–Kier alpha value is -3.19. The maximum atomic E-state index is 12.7. The SMILES string of the molecule is CC(C)=NOC(=O)/C=C/c1c(C#N)cnn1-c1ncc(C(F)(F)F)cc1Cl. The van der Waals surface area contributed by atoms with Crippen molar-refractivity contribution in [1.82, 2.24) is 14.8 Å². The van der Waals surface area contributed by atoms with Gasteiger partial charge in [-0.2, -0.15) is 23.5 Å². The van der Waals surface area contributed by atoms with Crippen LogP contribution in [-0.4, -0.2) is 26.4 Å². The first-order chi connectivity index (χ1) is 12.6. The van der Waals surface area contributed by atoms with E-state index in [0.717, 1.165) is 17.0 Å². The van der Waals surface area contributed by atoms with Crippen LogP contribution in [0.2, 0.25) is 5.02 Å². The first-order valence-electron chi connectivity index (χ1n) is 7.25. The summed E-state index contributed by atoms with van der Waals surface area (Å²) in [5.74, 6) is -0.957. The fourth-order valence-corrected chi connectivity index (χ4v) is 2.07. The zero-order chi connectivity index (χ0) is 20.2. The summed E-state index contributed by atoms with van der Waals surface area (Å²) in [6.07, 6.45) is -0.672. The highest BCUT2D eigenvalue weighted by Gasteiger charge is 2.32. The van der Waals surface area contributed by atoms with Gasteiger partial charge in [0.05, 0.1) is 33.8 Å². The fourth-order valence-electron chi connectivity index (χ4n) is 1.83. The van der Waals surface area contributed by atoms with Crippen molar-refractivity contribution in [3.8, 4) is 11.9 Å². The molecule has 2 heterocycles. The van der Waals surface area contributed by atoms with Crippen LogP contribution >= 0.6 is 11.6 Å². The molecule has 11 heteroatoms. The number of nitriles is 1. The summed E-state index contributed by atoms with van der Waals surface area (Å²) in [5, 5.41) is 16.2. The van der Waals surface area contributed by atoms with Gasteiger partial charge in [0.1, 0.15) is 6.07 Å². The maximum Gasteiger partial charge on any atom is 0.417 e. The highest BCUT2D eigenvalue weighted by atomic mass is 35.5. The van der Waals surface area contributed by atoms with Gasteiger partial charge in [-0.25, -0.2) is 14.5 Å². The van der Waals surface area contributed by atoms with Crippen LogP contribution in [0.1, 0.15) is 30.7 Å². The standard InChI is InChI=1S/C16H11ClF3N5O2/c1-9(2)24-27-14(26)4-3-13-10(6-21)7-23-25(13)15-12(17)5-11(8-22-15)16(18,19)20/h3-5,7-8H,1-2H3/b4-3+. The van der Waals surface area contributed by atoms with Crippen LogP contribution in [0, 0.1) is 11.3 Å². The molecular weight excluding hydrogens is 387 g/mol. The Labute approximate surface area is 156 Å². The molecule has 0 aromatic carbocycles. The molecule has 7 nitrogen and oxygen atoms in total.